The monoisotopic (exact) mass is 246 g/mol. The van der Waals surface area contributed by atoms with Gasteiger partial charge in [0.05, 0.1) is 11.3 Å². The van der Waals surface area contributed by atoms with E-state index in [1.807, 2.05) is 30.3 Å². The first kappa shape index (κ1) is 13.3. The quantitative estimate of drug-likeness (QED) is 0.626. The Morgan fingerprint density at radius 1 is 1.17 bits per heavy atom. The van der Waals surface area contributed by atoms with Crippen LogP contribution in [0.1, 0.15) is 10.4 Å². The second-order valence-corrected chi connectivity index (χ2v) is 3.18. The molecule has 0 radical (unpaired) electrons. The Morgan fingerprint density at radius 3 is 2.33 bits per heavy atom. The lowest BCUT2D eigenvalue weighted by molar-refractivity contribution is 0.0697. The van der Waals surface area contributed by atoms with Crippen molar-refractivity contribution in [1.29, 1.82) is 0 Å². The number of carbonyl (C=O) groups is 1. The van der Waals surface area contributed by atoms with Crippen molar-refractivity contribution >= 4 is 5.97 Å². The highest BCUT2D eigenvalue weighted by atomic mass is 16.6. The number of aromatic carboxylic acids is 1. The number of aromatic nitrogens is 1. The van der Waals surface area contributed by atoms with Gasteiger partial charge in [0.15, 0.2) is 5.34 Å². The highest BCUT2D eigenvalue weighted by Gasteiger charge is 2.04. The van der Waals surface area contributed by atoms with Gasteiger partial charge in [-0.3, -0.25) is 4.98 Å². The van der Waals surface area contributed by atoms with Crippen molar-refractivity contribution in [3.05, 3.63) is 59.1 Å². The van der Waals surface area contributed by atoms with Gasteiger partial charge in [-0.05, 0) is 12.1 Å². The first-order valence-corrected chi connectivity index (χ1v) is 4.90. The fraction of sp³-hybridized carbons (Fsp3) is 0. The number of pyridine rings is 1. The zero-order valence-electron chi connectivity index (χ0n) is 9.22. The summed E-state index contributed by atoms with van der Waals surface area (Å²) in [7, 11) is 0. The van der Waals surface area contributed by atoms with E-state index in [-0.39, 0.29) is 5.56 Å². The molecule has 2 N–H and O–H groups in total. The maximum Gasteiger partial charge on any atom is 0.335 e. The van der Waals surface area contributed by atoms with Crippen LogP contribution < -0.4 is 0 Å². The predicted octanol–water partition coefficient (Wildman–Crippen LogP) is 2.59. The molecule has 92 valence electrons. The van der Waals surface area contributed by atoms with Crippen molar-refractivity contribution in [3.8, 4) is 11.3 Å². The van der Waals surface area contributed by atoms with Crippen LogP contribution in [-0.4, -0.2) is 21.3 Å². The van der Waals surface area contributed by atoms with Gasteiger partial charge in [-0.25, -0.2) is 4.79 Å². The van der Waals surface area contributed by atoms with Crippen molar-refractivity contribution < 1.29 is 15.1 Å². The molecule has 0 aliphatic heterocycles. The molecule has 2 aromatic rings. The summed E-state index contributed by atoms with van der Waals surface area (Å²) >= 11 is 0. The molecule has 0 aliphatic rings. The summed E-state index contributed by atoms with van der Waals surface area (Å²) in [4.78, 5) is 23.0. The minimum absolute atomic E-state index is 0.254. The summed E-state index contributed by atoms with van der Waals surface area (Å²) in [5.41, 5.74) is 1.85. The third-order valence-corrected chi connectivity index (χ3v) is 2.08. The van der Waals surface area contributed by atoms with Gasteiger partial charge in [0, 0.05) is 11.8 Å². The minimum Gasteiger partial charge on any atom is -0.478 e. The van der Waals surface area contributed by atoms with E-state index in [1.165, 1.54) is 17.6 Å². The minimum atomic E-state index is -0.936. The lowest BCUT2D eigenvalue weighted by atomic mass is 10.1. The SMILES string of the molecule is O=C(O)c1ccnc(-c2ccccc2)c1.O=NO. The van der Waals surface area contributed by atoms with Crippen molar-refractivity contribution in [2.24, 2.45) is 5.34 Å². The summed E-state index contributed by atoms with van der Waals surface area (Å²) < 4.78 is 0. The van der Waals surface area contributed by atoms with E-state index in [4.69, 9.17) is 15.2 Å². The average molecular weight is 246 g/mol. The van der Waals surface area contributed by atoms with E-state index >= 15 is 0 Å². The molecule has 2 rings (SSSR count). The number of carboxylic acid groups (broad SMARTS) is 1. The maximum atomic E-state index is 10.8. The van der Waals surface area contributed by atoms with E-state index in [9.17, 15) is 4.79 Å². The number of rotatable bonds is 2. The molecule has 0 amide bonds. The van der Waals surface area contributed by atoms with Gasteiger partial charge in [0.25, 0.3) is 0 Å². The van der Waals surface area contributed by atoms with E-state index in [1.54, 1.807) is 6.07 Å². The molecule has 6 heteroatoms. The fourth-order valence-electron chi connectivity index (χ4n) is 1.33. The van der Waals surface area contributed by atoms with Gasteiger partial charge in [-0.1, -0.05) is 30.3 Å². The second-order valence-electron chi connectivity index (χ2n) is 3.18. The van der Waals surface area contributed by atoms with Gasteiger partial charge < -0.3 is 10.3 Å². The molecule has 0 saturated heterocycles. The molecule has 1 heterocycles. The molecule has 0 fully saturated rings. The summed E-state index contributed by atoms with van der Waals surface area (Å²) in [6, 6.07) is 12.5. The molecule has 6 nitrogen and oxygen atoms in total. The second kappa shape index (κ2) is 6.74. The van der Waals surface area contributed by atoms with Crippen LogP contribution >= 0.6 is 0 Å². The molecule has 1 aromatic carbocycles. The Hall–Kier alpha value is -2.76. The normalized spacial score (nSPS) is 8.89. The molecule has 0 saturated carbocycles. The summed E-state index contributed by atoms with van der Waals surface area (Å²) in [6.07, 6.45) is 1.51. The average Bonchev–Trinajstić information content (AvgIpc) is 2.41. The Kier molecular flexibility index (Phi) is 4.98. The van der Waals surface area contributed by atoms with Crippen LogP contribution in [0.25, 0.3) is 11.3 Å². The molecule has 1 aromatic heterocycles. The number of hydrogen-bond acceptors (Lipinski definition) is 4. The smallest absolute Gasteiger partial charge is 0.335 e. The Labute approximate surface area is 102 Å². The Balaban J connectivity index is 0.000000492. The van der Waals surface area contributed by atoms with Gasteiger partial charge in [0.2, 0.25) is 0 Å². The van der Waals surface area contributed by atoms with Crippen LogP contribution in [-0.2, 0) is 0 Å². The molecule has 0 bridgehead atoms. The standard InChI is InChI=1S/C12H9NO2.HNO2/c14-12(15)10-6-7-13-11(8-10)9-4-2-1-3-5-9;2-1-3/h1-8H,(H,14,15);(H,2,3). The molecule has 0 spiro atoms. The van der Waals surface area contributed by atoms with E-state index in [2.05, 4.69) is 4.98 Å². The van der Waals surface area contributed by atoms with Crippen LogP contribution in [0.3, 0.4) is 0 Å². The first-order valence-electron chi connectivity index (χ1n) is 4.90. The largest absolute Gasteiger partial charge is 0.478 e. The predicted molar refractivity (Wildman–Crippen MR) is 64.2 cm³/mol. The topological polar surface area (TPSA) is 99.8 Å². The molecular weight excluding hydrogens is 236 g/mol. The Bertz CT molecular complexity index is 529. The van der Waals surface area contributed by atoms with Crippen molar-refractivity contribution in [3.63, 3.8) is 0 Å². The van der Waals surface area contributed by atoms with E-state index < -0.39 is 5.97 Å². The van der Waals surface area contributed by atoms with Crippen LogP contribution in [0.4, 0.5) is 0 Å². The zero-order chi connectivity index (χ0) is 13.4. The summed E-state index contributed by atoms with van der Waals surface area (Å²) in [5, 5.41) is 16.7. The molecule has 0 aliphatic carbocycles. The van der Waals surface area contributed by atoms with Crippen molar-refractivity contribution in [2.75, 3.05) is 0 Å². The number of nitrogens with zero attached hydrogens (tertiary/aromatic N) is 2. The van der Waals surface area contributed by atoms with Crippen LogP contribution in [0.15, 0.2) is 54.0 Å². The highest BCUT2D eigenvalue weighted by molar-refractivity contribution is 5.88. The number of hydrogen-bond donors (Lipinski definition) is 2. The van der Waals surface area contributed by atoms with Crippen molar-refractivity contribution in [2.45, 2.75) is 0 Å². The maximum absolute atomic E-state index is 10.8. The number of carboxylic acids is 1. The lowest BCUT2D eigenvalue weighted by Gasteiger charge is -2.00. The highest BCUT2D eigenvalue weighted by Crippen LogP contribution is 2.16. The number of benzene rings is 1. The van der Waals surface area contributed by atoms with Gasteiger partial charge in [0.1, 0.15) is 0 Å². The molecule has 0 unspecified atom stereocenters. The van der Waals surface area contributed by atoms with Gasteiger partial charge in [-0.2, -0.15) is 0 Å². The van der Waals surface area contributed by atoms with Crippen molar-refractivity contribution in [1.82, 2.24) is 4.98 Å². The van der Waals surface area contributed by atoms with E-state index in [0.717, 1.165) is 5.56 Å². The third-order valence-electron chi connectivity index (χ3n) is 2.08. The molecule has 0 atom stereocenters. The zero-order valence-corrected chi connectivity index (χ0v) is 9.22. The van der Waals surface area contributed by atoms with Crippen LogP contribution in [0, 0.1) is 4.91 Å². The van der Waals surface area contributed by atoms with Crippen LogP contribution in [0.5, 0.6) is 0 Å². The van der Waals surface area contributed by atoms with Gasteiger partial charge in [-0.15, -0.1) is 4.91 Å². The summed E-state index contributed by atoms with van der Waals surface area (Å²) in [6.45, 7) is 0. The molecular formula is C12H10N2O4. The third kappa shape index (κ3) is 3.67. The van der Waals surface area contributed by atoms with Crippen LogP contribution in [0.2, 0.25) is 0 Å². The summed E-state index contributed by atoms with van der Waals surface area (Å²) in [5.74, 6) is -0.936. The first-order chi connectivity index (χ1) is 8.69. The lowest BCUT2D eigenvalue weighted by Crippen LogP contribution is -1.97. The fourth-order valence-corrected chi connectivity index (χ4v) is 1.33. The molecule has 18 heavy (non-hydrogen) atoms. The van der Waals surface area contributed by atoms with Gasteiger partial charge >= 0.3 is 5.97 Å². The Morgan fingerprint density at radius 2 is 1.78 bits per heavy atom. The van der Waals surface area contributed by atoms with E-state index in [0.29, 0.717) is 5.69 Å².